The Morgan fingerprint density at radius 1 is 1.50 bits per heavy atom. The first kappa shape index (κ1) is 11.2. The smallest absolute Gasteiger partial charge is 0.320 e. The van der Waals surface area contributed by atoms with E-state index in [4.69, 9.17) is 5.11 Å². The largest absolute Gasteiger partial charge is 0.480 e. The second kappa shape index (κ2) is 4.42. The highest BCUT2D eigenvalue weighted by atomic mass is 16.4. The van der Waals surface area contributed by atoms with Crippen molar-refractivity contribution >= 4 is 17.0 Å². The average Bonchev–Trinajstić information content (AvgIpc) is 2.82. The van der Waals surface area contributed by atoms with Crippen molar-refractivity contribution in [2.75, 3.05) is 6.54 Å². The fourth-order valence-corrected chi connectivity index (χ4v) is 2.67. The lowest BCUT2D eigenvalue weighted by Crippen LogP contribution is -2.42. The number of hydrogen-bond donors (Lipinski definition) is 3. The summed E-state index contributed by atoms with van der Waals surface area (Å²) in [5.74, 6) is -0.511. The van der Waals surface area contributed by atoms with Gasteiger partial charge in [-0.15, -0.1) is 0 Å². The second-order valence-corrected chi connectivity index (χ2v) is 4.71. The van der Waals surface area contributed by atoms with Gasteiger partial charge < -0.3 is 15.4 Å². The lowest BCUT2D eigenvalue weighted by atomic mass is 9.87. The van der Waals surface area contributed by atoms with Gasteiger partial charge in [0.15, 0.2) is 0 Å². The first-order valence-corrected chi connectivity index (χ1v) is 6.14. The topological polar surface area (TPSA) is 78.0 Å². The Labute approximate surface area is 104 Å². The van der Waals surface area contributed by atoms with Crippen molar-refractivity contribution in [2.24, 2.45) is 0 Å². The number of aromatic amines is 1. The molecule has 3 N–H and O–H groups in total. The first-order chi connectivity index (χ1) is 8.75. The summed E-state index contributed by atoms with van der Waals surface area (Å²) in [5.41, 5.74) is 3.12. The van der Waals surface area contributed by atoms with Crippen LogP contribution in [0.1, 0.15) is 24.3 Å². The van der Waals surface area contributed by atoms with Crippen molar-refractivity contribution in [1.82, 2.24) is 15.3 Å². The molecule has 0 radical (unpaired) electrons. The maximum absolute atomic E-state index is 11.0. The number of aliphatic carboxylic acids is 1. The number of carboxylic acids is 1. The minimum Gasteiger partial charge on any atom is -0.480 e. The number of nitrogens with zero attached hydrogens (tertiary/aromatic N) is 1. The van der Waals surface area contributed by atoms with Crippen LogP contribution in [0.2, 0.25) is 0 Å². The maximum atomic E-state index is 11.0. The van der Waals surface area contributed by atoms with Crippen molar-refractivity contribution in [3.05, 3.63) is 30.1 Å². The van der Waals surface area contributed by atoms with Gasteiger partial charge in [-0.1, -0.05) is 0 Å². The van der Waals surface area contributed by atoms with E-state index in [-0.39, 0.29) is 5.92 Å². The minimum atomic E-state index is -0.771. The number of nitrogens with one attached hydrogen (secondary N) is 2. The molecule has 3 heterocycles. The molecule has 0 spiro atoms. The monoisotopic (exact) mass is 245 g/mol. The molecular formula is C13H15N3O2. The highest BCUT2D eigenvalue weighted by Crippen LogP contribution is 2.31. The Bertz CT molecular complexity index is 578. The molecule has 2 atom stereocenters. The summed E-state index contributed by atoms with van der Waals surface area (Å²) in [7, 11) is 0. The molecule has 0 aliphatic carbocycles. The number of fused-ring (bicyclic) bond motifs is 1. The van der Waals surface area contributed by atoms with E-state index in [1.54, 1.807) is 6.20 Å². The van der Waals surface area contributed by atoms with Crippen LogP contribution in [-0.2, 0) is 4.79 Å². The molecule has 3 rings (SSSR count). The number of aromatic nitrogens is 2. The predicted octanol–water partition coefficient (Wildman–Crippen LogP) is 1.48. The third-order valence-corrected chi connectivity index (χ3v) is 3.61. The van der Waals surface area contributed by atoms with Gasteiger partial charge in [0, 0.05) is 12.4 Å². The SMILES string of the molecule is O=C(O)C1CC(c2c[nH]c3cccnc23)CCN1. The van der Waals surface area contributed by atoms with Crippen molar-refractivity contribution in [3.63, 3.8) is 0 Å². The summed E-state index contributed by atoms with van der Waals surface area (Å²) in [6.45, 7) is 0.737. The Morgan fingerprint density at radius 2 is 2.39 bits per heavy atom. The summed E-state index contributed by atoms with van der Waals surface area (Å²) in [5, 5.41) is 12.1. The zero-order valence-electron chi connectivity index (χ0n) is 9.89. The van der Waals surface area contributed by atoms with Gasteiger partial charge in [-0.2, -0.15) is 0 Å². The second-order valence-electron chi connectivity index (χ2n) is 4.71. The Hall–Kier alpha value is -1.88. The zero-order chi connectivity index (χ0) is 12.5. The van der Waals surface area contributed by atoms with Crippen molar-refractivity contribution in [1.29, 1.82) is 0 Å². The summed E-state index contributed by atoms with van der Waals surface area (Å²) in [6, 6.07) is 3.43. The van der Waals surface area contributed by atoms with Gasteiger partial charge in [-0.3, -0.25) is 9.78 Å². The number of pyridine rings is 1. The lowest BCUT2D eigenvalue weighted by molar-refractivity contribution is -0.140. The molecule has 94 valence electrons. The Morgan fingerprint density at radius 3 is 3.22 bits per heavy atom. The van der Waals surface area contributed by atoms with E-state index >= 15 is 0 Å². The molecule has 1 fully saturated rings. The summed E-state index contributed by atoms with van der Waals surface area (Å²) < 4.78 is 0. The quantitative estimate of drug-likeness (QED) is 0.749. The molecule has 0 amide bonds. The summed E-state index contributed by atoms with van der Waals surface area (Å²) >= 11 is 0. The number of piperidine rings is 1. The molecule has 0 aromatic carbocycles. The van der Waals surface area contributed by atoms with Gasteiger partial charge in [-0.05, 0) is 43.0 Å². The standard InChI is InChI=1S/C13H15N3O2/c17-13(18)11-6-8(3-5-14-11)9-7-16-10-2-1-4-15-12(9)10/h1-2,4,7-8,11,14,16H,3,5-6H2,(H,17,18). The molecule has 2 aromatic heterocycles. The fraction of sp³-hybridized carbons (Fsp3) is 0.385. The third kappa shape index (κ3) is 1.86. The van der Waals surface area contributed by atoms with Crippen molar-refractivity contribution < 1.29 is 9.90 Å². The van der Waals surface area contributed by atoms with Crippen molar-refractivity contribution in [3.8, 4) is 0 Å². The highest BCUT2D eigenvalue weighted by Gasteiger charge is 2.28. The van der Waals surface area contributed by atoms with Gasteiger partial charge >= 0.3 is 5.97 Å². The molecule has 0 saturated carbocycles. The summed E-state index contributed by atoms with van der Waals surface area (Å²) in [4.78, 5) is 18.6. The molecule has 5 nitrogen and oxygen atoms in total. The molecule has 5 heteroatoms. The molecule has 1 saturated heterocycles. The van der Waals surface area contributed by atoms with E-state index in [0.717, 1.165) is 29.6 Å². The van der Waals surface area contributed by atoms with Gasteiger partial charge in [0.05, 0.1) is 11.0 Å². The molecule has 2 aromatic rings. The van der Waals surface area contributed by atoms with Gasteiger partial charge in [-0.25, -0.2) is 0 Å². The van der Waals surface area contributed by atoms with Crippen LogP contribution in [0.4, 0.5) is 0 Å². The average molecular weight is 245 g/mol. The Kier molecular flexibility index (Phi) is 2.76. The highest BCUT2D eigenvalue weighted by molar-refractivity contribution is 5.79. The van der Waals surface area contributed by atoms with E-state index < -0.39 is 12.0 Å². The van der Waals surface area contributed by atoms with Crippen LogP contribution in [0.25, 0.3) is 11.0 Å². The molecule has 0 bridgehead atoms. The van der Waals surface area contributed by atoms with Crippen molar-refractivity contribution in [2.45, 2.75) is 24.8 Å². The number of rotatable bonds is 2. The van der Waals surface area contributed by atoms with Crippen LogP contribution >= 0.6 is 0 Å². The molecule has 18 heavy (non-hydrogen) atoms. The van der Waals surface area contributed by atoms with Crippen LogP contribution in [-0.4, -0.2) is 33.6 Å². The number of carboxylic acid groups (broad SMARTS) is 1. The number of carbonyl (C=O) groups is 1. The van der Waals surface area contributed by atoms with Crippen LogP contribution < -0.4 is 5.32 Å². The predicted molar refractivity (Wildman–Crippen MR) is 67.5 cm³/mol. The normalized spacial score (nSPS) is 24.2. The minimum absolute atomic E-state index is 0.260. The Balaban J connectivity index is 1.92. The molecule has 1 aliphatic heterocycles. The maximum Gasteiger partial charge on any atom is 0.320 e. The van der Waals surface area contributed by atoms with E-state index in [1.807, 2.05) is 18.3 Å². The van der Waals surface area contributed by atoms with Gasteiger partial charge in [0.1, 0.15) is 6.04 Å². The summed E-state index contributed by atoms with van der Waals surface area (Å²) in [6.07, 6.45) is 5.31. The van der Waals surface area contributed by atoms with E-state index in [9.17, 15) is 4.79 Å². The van der Waals surface area contributed by atoms with Crippen LogP contribution in [0.5, 0.6) is 0 Å². The van der Waals surface area contributed by atoms with E-state index in [1.165, 1.54) is 0 Å². The van der Waals surface area contributed by atoms with Gasteiger partial charge in [0.2, 0.25) is 0 Å². The van der Waals surface area contributed by atoms with E-state index in [0.29, 0.717) is 6.42 Å². The van der Waals surface area contributed by atoms with Gasteiger partial charge in [0.25, 0.3) is 0 Å². The van der Waals surface area contributed by atoms with Crippen LogP contribution in [0.3, 0.4) is 0 Å². The molecule has 2 unspecified atom stereocenters. The molecule has 1 aliphatic rings. The molecular weight excluding hydrogens is 230 g/mol. The van der Waals surface area contributed by atoms with E-state index in [2.05, 4.69) is 15.3 Å². The number of H-pyrrole nitrogens is 1. The van der Waals surface area contributed by atoms with Crippen LogP contribution in [0, 0.1) is 0 Å². The third-order valence-electron chi connectivity index (χ3n) is 3.61. The lowest BCUT2D eigenvalue weighted by Gasteiger charge is -2.27. The first-order valence-electron chi connectivity index (χ1n) is 6.14. The fourth-order valence-electron chi connectivity index (χ4n) is 2.67. The zero-order valence-corrected chi connectivity index (χ0v) is 9.89. The number of hydrogen-bond acceptors (Lipinski definition) is 3. The van der Waals surface area contributed by atoms with Crippen LogP contribution in [0.15, 0.2) is 24.5 Å².